The van der Waals surface area contributed by atoms with Crippen LogP contribution in [0.15, 0.2) is 0 Å². The third-order valence-electron chi connectivity index (χ3n) is 3.61. The maximum Gasteiger partial charge on any atom is 0.323 e. The molecule has 0 saturated heterocycles. The lowest BCUT2D eigenvalue weighted by Gasteiger charge is -2.32. The van der Waals surface area contributed by atoms with Crippen molar-refractivity contribution in [1.29, 1.82) is 0 Å². The zero-order chi connectivity index (χ0) is 14.9. The van der Waals surface area contributed by atoms with E-state index in [-0.39, 0.29) is 6.04 Å². The van der Waals surface area contributed by atoms with Gasteiger partial charge in [0.25, 0.3) is 0 Å². The summed E-state index contributed by atoms with van der Waals surface area (Å²) in [4.78, 5) is 13.9. The second-order valence-electron chi connectivity index (χ2n) is 5.80. The van der Waals surface area contributed by atoms with Gasteiger partial charge in [-0.05, 0) is 59.7 Å². The molecule has 0 heterocycles. The van der Waals surface area contributed by atoms with Crippen molar-refractivity contribution in [2.45, 2.75) is 71.4 Å². The zero-order valence-corrected chi connectivity index (χ0v) is 13.3. The summed E-state index contributed by atoms with van der Waals surface area (Å²) >= 11 is 0. The Bertz CT molecular complexity index is 257. The molecule has 0 aromatic carbocycles. The fraction of sp³-hybridized carbons (Fsp3) is 0.933. The van der Waals surface area contributed by atoms with E-state index >= 15 is 0 Å². The van der Waals surface area contributed by atoms with Crippen LogP contribution in [0, 0.1) is 0 Å². The third kappa shape index (κ3) is 6.92. The fourth-order valence-electron chi connectivity index (χ4n) is 2.41. The van der Waals surface area contributed by atoms with E-state index in [1.165, 1.54) is 12.8 Å². The lowest BCUT2D eigenvalue weighted by atomic mass is 9.89. The van der Waals surface area contributed by atoms with Crippen LogP contribution in [0.3, 0.4) is 0 Å². The molecule has 0 aliphatic carbocycles. The highest BCUT2D eigenvalue weighted by molar-refractivity contribution is 5.78. The summed E-state index contributed by atoms with van der Waals surface area (Å²) < 4.78 is 0. The number of nitrogens with one attached hydrogen (secondary N) is 1. The molecule has 0 rings (SSSR count). The first-order chi connectivity index (χ1) is 8.88. The minimum absolute atomic E-state index is 0.189. The van der Waals surface area contributed by atoms with Gasteiger partial charge in [-0.25, -0.2) is 0 Å². The van der Waals surface area contributed by atoms with Crippen LogP contribution in [0.2, 0.25) is 0 Å². The van der Waals surface area contributed by atoms with Gasteiger partial charge in [-0.2, -0.15) is 0 Å². The number of aliphatic carboxylic acids is 1. The van der Waals surface area contributed by atoms with E-state index in [1.807, 2.05) is 20.8 Å². The minimum Gasteiger partial charge on any atom is -0.480 e. The van der Waals surface area contributed by atoms with Crippen molar-refractivity contribution >= 4 is 5.97 Å². The number of hydrogen-bond acceptors (Lipinski definition) is 3. The molecular weight excluding hydrogens is 240 g/mol. The van der Waals surface area contributed by atoms with E-state index in [0.717, 1.165) is 19.5 Å². The molecule has 1 unspecified atom stereocenters. The van der Waals surface area contributed by atoms with E-state index in [1.54, 1.807) is 0 Å². The lowest BCUT2D eigenvalue weighted by molar-refractivity contribution is -0.145. The van der Waals surface area contributed by atoms with Gasteiger partial charge in [0.1, 0.15) is 5.54 Å². The Kier molecular flexibility index (Phi) is 9.02. The number of carboxylic acid groups (broad SMARTS) is 1. The third-order valence-corrected chi connectivity index (χ3v) is 3.61. The standard InChI is InChI=1S/C15H32N2O2/c1-6-8-11-17(5)12-9-10-15(7-2,14(18)19)16-13(3)4/h13,16H,6-12H2,1-5H3,(H,18,19). The Hall–Kier alpha value is -0.610. The first-order valence-corrected chi connectivity index (χ1v) is 7.57. The summed E-state index contributed by atoms with van der Waals surface area (Å²) in [5, 5.41) is 12.7. The predicted molar refractivity (Wildman–Crippen MR) is 80.6 cm³/mol. The van der Waals surface area contributed by atoms with Crippen molar-refractivity contribution < 1.29 is 9.90 Å². The molecular formula is C15H32N2O2. The molecule has 0 aliphatic rings. The maximum absolute atomic E-state index is 11.6. The molecule has 0 aromatic rings. The SMILES string of the molecule is CCCCN(C)CCCC(CC)(NC(C)C)C(=O)O. The molecule has 19 heavy (non-hydrogen) atoms. The van der Waals surface area contributed by atoms with Crippen LogP contribution < -0.4 is 5.32 Å². The molecule has 0 spiro atoms. The number of carbonyl (C=O) groups is 1. The predicted octanol–water partition coefficient (Wildman–Crippen LogP) is 2.73. The summed E-state index contributed by atoms with van der Waals surface area (Å²) in [7, 11) is 2.11. The van der Waals surface area contributed by atoms with Crippen LogP contribution >= 0.6 is 0 Å². The highest BCUT2D eigenvalue weighted by atomic mass is 16.4. The van der Waals surface area contributed by atoms with Gasteiger partial charge < -0.3 is 10.0 Å². The Labute approximate surface area is 118 Å². The summed E-state index contributed by atoms with van der Waals surface area (Å²) in [6.07, 6.45) is 4.64. The van der Waals surface area contributed by atoms with Crippen molar-refractivity contribution in [2.75, 3.05) is 20.1 Å². The van der Waals surface area contributed by atoms with Crippen LogP contribution in [0.25, 0.3) is 0 Å². The Morgan fingerprint density at radius 3 is 2.26 bits per heavy atom. The van der Waals surface area contributed by atoms with E-state index in [2.05, 4.69) is 24.2 Å². The van der Waals surface area contributed by atoms with Crippen LogP contribution in [-0.2, 0) is 4.79 Å². The van der Waals surface area contributed by atoms with Gasteiger partial charge in [-0.3, -0.25) is 10.1 Å². The molecule has 0 saturated carbocycles. The van der Waals surface area contributed by atoms with Gasteiger partial charge in [-0.15, -0.1) is 0 Å². The largest absolute Gasteiger partial charge is 0.480 e. The average Bonchev–Trinajstić information content (AvgIpc) is 2.34. The average molecular weight is 272 g/mol. The van der Waals surface area contributed by atoms with Crippen molar-refractivity contribution in [1.82, 2.24) is 10.2 Å². The molecule has 0 aromatic heterocycles. The quantitative estimate of drug-likeness (QED) is 0.607. The number of carboxylic acids is 1. The van der Waals surface area contributed by atoms with E-state index in [4.69, 9.17) is 0 Å². The summed E-state index contributed by atoms with van der Waals surface area (Å²) in [6.45, 7) is 10.2. The summed E-state index contributed by atoms with van der Waals surface area (Å²) in [5.74, 6) is -0.722. The zero-order valence-electron chi connectivity index (χ0n) is 13.3. The topological polar surface area (TPSA) is 52.6 Å². The normalized spacial score (nSPS) is 14.9. The first kappa shape index (κ1) is 18.4. The van der Waals surface area contributed by atoms with Gasteiger partial charge in [-0.1, -0.05) is 20.3 Å². The van der Waals surface area contributed by atoms with Gasteiger partial charge in [0.05, 0.1) is 0 Å². The fourth-order valence-corrected chi connectivity index (χ4v) is 2.41. The highest BCUT2D eigenvalue weighted by Gasteiger charge is 2.36. The molecule has 0 amide bonds. The van der Waals surface area contributed by atoms with E-state index in [0.29, 0.717) is 12.8 Å². The van der Waals surface area contributed by atoms with Crippen LogP contribution in [-0.4, -0.2) is 47.7 Å². The Morgan fingerprint density at radius 1 is 1.26 bits per heavy atom. The molecule has 1 atom stereocenters. The van der Waals surface area contributed by atoms with Gasteiger partial charge >= 0.3 is 5.97 Å². The minimum atomic E-state index is -0.764. The lowest BCUT2D eigenvalue weighted by Crippen LogP contribution is -2.54. The van der Waals surface area contributed by atoms with Crippen molar-refractivity contribution in [3.8, 4) is 0 Å². The molecule has 4 heteroatoms. The molecule has 0 radical (unpaired) electrons. The van der Waals surface area contributed by atoms with Crippen molar-refractivity contribution in [3.63, 3.8) is 0 Å². The highest BCUT2D eigenvalue weighted by Crippen LogP contribution is 2.19. The smallest absolute Gasteiger partial charge is 0.323 e. The molecule has 4 nitrogen and oxygen atoms in total. The van der Waals surface area contributed by atoms with Crippen LogP contribution in [0.4, 0.5) is 0 Å². The number of unbranched alkanes of at least 4 members (excludes halogenated alkanes) is 1. The van der Waals surface area contributed by atoms with E-state index < -0.39 is 11.5 Å². The molecule has 0 aliphatic heterocycles. The number of rotatable bonds is 11. The monoisotopic (exact) mass is 272 g/mol. The van der Waals surface area contributed by atoms with Crippen LogP contribution in [0.5, 0.6) is 0 Å². The second kappa shape index (κ2) is 9.32. The van der Waals surface area contributed by atoms with Crippen molar-refractivity contribution in [3.05, 3.63) is 0 Å². The first-order valence-electron chi connectivity index (χ1n) is 7.57. The molecule has 114 valence electrons. The summed E-state index contributed by atoms with van der Waals surface area (Å²) in [6, 6.07) is 0.189. The van der Waals surface area contributed by atoms with Gasteiger partial charge in [0, 0.05) is 6.04 Å². The van der Waals surface area contributed by atoms with Crippen molar-refractivity contribution in [2.24, 2.45) is 0 Å². The molecule has 0 fully saturated rings. The maximum atomic E-state index is 11.6. The number of nitrogens with zero attached hydrogens (tertiary/aromatic N) is 1. The number of hydrogen-bond donors (Lipinski definition) is 2. The molecule has 2 N–H and O–H groups in total. The molecule has 0 bridgehead atoms. The second-order valence-corrected chi connectivity index (χ2v) is 5.80. The Morgan fingerprint density at radius 2 is 1.84 bits per heavy atom. The Balaban J connectivity index is 4.30. The van der Waals surface area contributed by atoms with Crippen LogP contribution in [0.1, 0.15) is 59.8 Å². The van der Waals surface area contributed by atoms with Gasteiger partial charge in [0.2, 0.25) is 0 Å². The van der Waals surface area contributed by atoms with Gasteiger partial charge in [0.15, 0.2) is 0 Å². The summed E-state index contributed by atoms with van der Waals surface area (Å²) in [5.41, 5.74) is -0.764. The van der Waals surface area contributed by atoms with E-state index in [9.17, 15) is 9.90 Å².